The Bertz CT molecular complexity index is 1540. The van der Waals surface area contributed by atoms with Crippen LogP contribution in [-0.2, 0) is 12.5 Å². The minimum absolute atomic E-state index is 0.0291. The summed E-state index contributed by atoms with van der Waals surface area (Å²) in [5.74, 6) is 1.10. The van der Waals surface area contributed by atoms with Crippen molar-refractivity contribution in [2.75, 3.05) is 5.32 Å². The molecule has 0 aliphatic heterocycles. The lowest BCUT2D eigenvalue weighted by Gasteiger charge is -2.41. The monoisotopic (exact) mass is 467 g/mol. The maximum atomic E-state index is 13.9. The summed E-state index contributed by atoms with van der Waals surface area (Å²) in [6, 6.07) is 3.67. The summed E-state index contributed by atoms with van der Waals surface area (Å²) in [5, 5.41) is 15.4. The summed E-state index contributed by atoms with van der Waals surface area (Å²) in [4.78, 5) is 9.02. The van der Waals surface area contributed by atoms with E-state index in [0.29, 0.717) is 29.2 Å². The number of halogens is 3. The zero-order valence-electron chi connectivity index (χ0n) is 18.4. The Labute approximate surface area is 191 Å². The predicted molar refractivity (Wildman–Crippen MR) is 118 cm³/mol. The molecule has 0 aromatic carbocycles. The second-order valence-corrected chi connectivity index (χ2v) is 8.66. The number of alkyl halides is 3. The number of nitrogens with zero attached hydrogens (tertiary/aromatic N) is 8. The van der Waals surface area contributed by atoms with E-state index in [1.54, 1.807) is 29.5 Å². The van der Waals surface area contributed by atoms with Crippen LogP contribution in [0.15, 0.2) is 43.1 Å². The minimum Gasteiger partial charge on any atom is -0.318 e. The van der Waals surface area contributed by atoms with Crippen molar-refractivity contribution in [3.8, 4) is 11.3 Å². The highest BCUT2D eigenvalue weighted by atomic mass is 19.4. The number of fused-ring (bicyclic) bond motifs is 3. The van der Waals surface area contributed by atoms with Crippen LogP contribution in [0, 0.1) is 6.92 Å². The summed E-state index contributed by atoms with van der Waals surface area (Å²) in [7, 11) is 1.81. The lowest BCUT2D eigenvalue weighted by molar-refractivity contribution is -0.215. The molecule has 1 fully saturated rings. The van der Waals surface area contributed by atoms with Crippen molar-refractivity contribution in [2.24, 2.45) is 7.05 Å². The van der Waals surface area contributed by atoms with E-state index in [4.69, 9.17) is 0 Å². The SMILES string of the molecule is Cc1cnc(Nc2ccnn2C)nc1-c1cc2c3nnc(C4(C(F)(F)F)CCC4)n3ccn2c1. The fraction of sp³-hybridized carbons (Fsp3) is 0.318. The van der Waals surface area contributed by atoms with Gasteiger partial charge in [-0.15, -0.1) is 10.2 Å². The third-order valence-electron chi connectivity index (χ3n) is 6.63. The van der Waals surface area contributed by atoms with Crippen LogP contribution in [-0.4, -0.2) is 44.9 Å². The Morgan fingerprint density at radius 2 is 1.97 bits per heavy atom. The van der Waals surface area contributed by atoms with Gasteiger partial charge in [0.1, 0.15) is 11.2 Å². The van der Waals surface area contributed by atoms with Crippen LogP contribution in [0.5, 0.6) is 0 Å². The first-order valence-corrected chi connectivity index (χ1v) is 10.8. The predicted octanol–water partition coefficient (Wildman–Crippen LogP) is 4.21. The quantitative estimate of drug-likeness (QED) is 0.426. The van der Waals surface area contributed by atoms with Gasteiger partial charge in [0, 0.05) is 43.5 Å². The van der Waals surface area contributed by atoms with E-state index < -0.39 is 11.6 Å². The first-order chi connectivity index (χ1) is 16.3. The Morgan fingerprint density at radius 1 is 1.15 bits per heavy atom. The fourth-order valence-electron chi connectivity index (χ4n) is 4.55. The van der Waals surface area contributed by atoms with Crippen LogP contribution in [0.2, 0.25) is 0 Å². The van der Waals surface area contributed by atoms with Crippen LogP contribution in [0.1, 0.15) is 30.7 Å². The number of aryl methyl sites for hydroxylation is 2. The molecule has 6 rings (SSSR count). The van der Waals surface area contributed by atoms with E-state index in [0.717, 1.165) is 16.9 Å². The van der Waals surface area contributed by atoms with Crippen molar-refractivity contribution >= 4 is 22.9 Å². The smallest absolute Gasteiger partial charge is 0.318 e. The molecular formula is C22H20F3N9. The van der Waals surface area contributed by atoms with Gasteiger partial charge >= 0.3 is 6.18 Å². The highest BCUT2D eigenvalue weighted by molar-refractivity contribution is 5.79. The Hall–Kier alpha value is -3.96. The summed E-state index contributed by atoms with van der Waals surface area (Å²) >= 11 is 0. The fourth-order valence-corrected chi connectivity index (χ4v) is 4.55. The van der Waals surface area contributed by atoms with E-state index in [9.17, 15) is 13.2 Å². The third-order valence-corrected chi connectivity index (χ3v) is 6.63. The van der Waals surface area contributed by atoms with Crippen LogP contribution in [0.4, 0.5) is 24.9 Å². The molecule has 1 aliphatic carbocycles. The molecular weight excluding hydrogens is 447 g/mol. The molecule has 9 nitrogen and oxygen atoms in total. The first-order valence-electron chi connectivity index (χ1n) is 10.8. The van der Waals surface area contributed by atoms with Gasteiger partial charge in [-0.05, 0) is 31.4 Å². The van der Waals surface area contributed by atoms with Gasteiger partial charge in [0.15, 0.2) is 11.5 Å². The van der Waals surface area contributed by atoms with Gasteiger partial charge in [0.25, 0.3) is 0 Å². The zero-order valence-corrected chi connectivity index (χ0v) is 18.4. The summed E-state index contributed by atoms with van der Waals surface area (Å²) in [6.45, 7) is 1.90. The molecule has 0 bridgehead atoms. The van der Waals surface area contributed by atoms with Gasteiger partial charge in [-0.3, -0.25) is 9.08 Å². The normalized spacial score (nSPS) is 15.7. The van der Waals surface area contributed by atoms with Crippen molar-refractivity contribution < 1.29 is 13.2 Å². The van der Waals surface area contributed by atoms with E-state index in [1.165, 1.54) is 4.40 Å². The molecule has 5 aromatic rings. The van der Waals surface area contributed by atoms with E-state index in [1.807, 2.05) is 36.7 Å². The number of anilines is 2. The topological polar surface area (TPSA) is 90.2 Å². The van der Waals surface area contributed by atoms with Crippen LogP contribution < -0.4 is 5.32 Å². The minimum atomic E-state index is -4.37. The molecule has 1 aliphatic rings. The van der Waals surface area contributed by atoms with Crippen molar-refractivity contribution in [1.82, 2.24) is 38.7 Å². The molecule has 174 valence electrons. The van der Waals surface area contributed by atoms with Gasteiger partial charge in [0.2, 0.25) is 5.95 Å². The maximum absolute atomic E-state index is 13.9. The molecule has 12 heteroatoms. The Balaban J connectivity index is 1.44. The van der Waals surface area contributed by atoms with Gasteiger partial charge in [-0.25, -0.2) is 9.97 Å². The molecule has 5 aromatic heterocycles. The van der Waals surface area contributed by atoms with Gasteiger partial charge in [-0.2, -0.15) is 18.3 Å². The second kappa shape index (κ2) is 7.02. The number of rotatable bonds is 4. The van der Waals surface area contributed by atoms with E-state index in [-0.39, 0.29) is 18.7 Å². The Kier molecular flexibility index (Phi) is 4.26. The molecule has 0 saturated heterocycles. The highest BCUT2D eigenvalue weighted by Crippen LogP contribution is 2.54. The molecule has 34 heavy (non-hydrogen) atoms. The lowest BCUT2D eigenvalue weighted by atomic mass is 9.67. The highest BCUT2D eigenvalue weighted by Gasteiger charge is 2.62. The summed E-state index contributed by atoms with van der Waals surface area (Å²) < 4.78 is 46.7. The van der Waals surface area contributed by atoms with Crippen LogP contribution in [0.3, 0.4) is 0 Å². The third kappa shape index (κ3) is 2.90. The average Bonchev–Trinajstić information content (AvgIpc) is 3.46. The van der Waals surface area contributed by atoms with Crippen LogP contribution >= 0.6 is 0 Å². The molecule has 0 radical (unpaired) electrons. The lowest BCUT2D eigenvalue weighted by Crippen LogP contribution is -2.49. The largest absolute Gasteiger partial charge is 0.401 e. The molecule has 0 atom stereocenters. The maximum Gasteiger partial charge on any atom is 0.401 e. The number of aromatic nitrogens is 8. The van der Waals surface area contributed by atoms with E-state index >= 15 is 0 Å². The second-order valence-electron chi connectivity index (χ2n) is 8.66. The first kappa shape index (κ1) is 20.6. The van der Waals surface area contributed by atoms with Gasteiger partial charge in [-0.1, -0.05) is 6.42 Å². The molecule has 0 spiro atoms. The molecule has 0 unspecified atom stereocenters. The van der Waals surface area contributed by atoms with Crippen molar-refractivity contribution in [2.45, 2.75) is 37.8 Å². The van der Waals surface area contributed by atoms with Crippen molar-refractivity contribution in [3.05, 3.63) is 54.5 Å². The molecule has 1 saturated carbocycles. The summed E-state index contributed by atoms with van der Waals surface area (Å²) in [6.07, 6.45) is 4.78. The number of nitrogens with one attached hydrogen (secondary N) is 1. The number of hydrogen-bond donors (Lipinski definition) is 1. The molecule has 5 heterocycles. The standard InChI is InChI=1S/C22H20F3N9/c1-13-11-26-20(28-16-4-7-27-32(16)2)29-17(13)14-10-15-18-30-31-19(34(18)9-8-33(15)12-14)21(5-3-6-21)22(23,24)25/h4,7-12H,3,5-6H2,1-2H3,(H,26,28,29). The van der Waals surface area contributed by atoms with Gasteiger partial charge < -0.3 is 9.72 Å². The average molecular weight is 467 g/mol. The van der Waals surface area contributed by atoms with Crippen molar-refractivity contribution in [3.63, 3.8) is 0 Å². The van der Waals surface area contributed by atoms with Crippen molar-refractivity contribution in [1.29, 1.82) is 0 Å². The van der Waals surface area contributed by atoms with Crippen LogP contribution in [0.25, 0.3) is 22.4 Å². The Morgan fingerprint density at radius 3 is 2.65 bits per heavy atom. The molecule has 1 N–H and O–H groups in total. The zero-order chi connectivity index (χ0) is 23.7. The van der Waals surface area contributed by atoms with E-state index in [2.05, 4.69) is 30.6 Å². The summed E-state index contributed by atoms with van der Waals surface area (Å²) in [5.41, 5.74) is 1.43. The number of hydrogen-bond acceptors (Lipinski definition) is 6. The van der Waals surface area contributed by atoms with Gasteiger partial charge in [0.05, 0.1) is 17.4 Å². The molecule has 0 amide bonds.